The van der Waals surface area contributed by atoms with Crippen molar-refractivity contribution >= 4 is 5.69 Å². The molecule has 0 amide bonds. The van der Waals surface area contributed by atoms with Crippen molar-refractivity contribution in [3.05, 3.63) is 23.8 Å². The van der Waals surface area contributed by atoms with Crippen LogP contribution in [0, 0.1) is 5.41 Å². The van der Waals surface area contributed by atoms with Crippen LogP contribution in [0.15, 0.2) is 18.2 Å². The first-order valence-electron chi connectivity index (χ1n) is 7.10. The molecule has 0 saturated heterocycles. The summed E-state index contributed by atoms with van der Waals surface area (Å²) in [7, 11) is 5.78. The molecule has 0 bridgehead atoms. The Kier molecular flexibility index (Phi) is 6.30. The number of nitrogens with zero attached hydrogens (tertiary/aromatic N) is 1. The highest BCUT2D eigenvalue weighted by atomic mass is 16.5. The number of aliphatic hydroxyl groups is 1. The fourth-order valence-electron chi connectivity index (χ4n) is 1.96. The van der Waals surface area contributed by atoms with Gasteiger partial charge in [-0.25, -0.2) is 0 Å². The van der Waals surface area contributed by atoms with Gasteiger partial charge in [0.15, 0.2) is 0 Å². The van der Waals surface area contributed by atoms with Crippen LogP contribution in [0.25, 0.3) is 0 Å². The van der Waals surface area contributed by atoms with Gasteiger partial charge in [0.25, 0.3) is 0 Å². The molecule has 114 valence electrons. The summed E-state index contributed by atoms with van der Waals surface area (Å²) in [5.41, 5.74) is 2.11. The van der Waals surface area contributed by atoms with Crippen molar-refractivity contribution in [3.8, 4) is 5.75 Å². The molecule has 0 fully saturated rings. The summed E-state index contributed by atoms with van der Waals surface area (Å²) >= 11 is 0. The normalized spacial score (nSPS) is 14.2. The molecule has 0 heterocycles. The van der Waals surface area contributed by atoms with E-state index >= 15 is 0 Å². The fraction of sp³-hybridized carbons (Fsp3) is 0.625. The number of nitrogens with one attached hydrogen (secondary N) is 1. The zero-order valence-electron chi connectivity index (χ0n) is 13.4. The van der Waals surface area contributed by atoms with Crippen LogP contribution in [0.3, 0.4) is 0 Å². The van der Waals surface area contributed by atoms with Gasteiger partial charge in [-0.3, -0.25) is 0 Å². The van der Waals surface area contributed by atoms with E-state index in [4.69, 9.17) is 4.74 Å². The molecule has 1 atom stereocenters. The zero-order valence-corrected chi connectivity index (χ0v) is 13.4. The lowest BCUT2D eigenvalue weighted by atomic mass is 9.88. The summed E-state index contributed by atoms with van der Waals surface area (Å²) in [5, 5.41) is 12.9. The van der Waals surface area contributed by atoms with Crippen LogP contribution in [0.2, 0.25) is 0 Å². The highest BCUT2D eigenvalue weighted by Crippen LogP contribution is 2.28. The molecule has 0 aliphatic heterocycles. The predicted molar refractivity (Wildman–Crippen MR) is 84.4 cm³/mol. The number of hydrogen-bond acceptors (Lipinski definition) is 4. The van der Waals surface area contributed by atoms with Gasteiger partial charge >= 0.3 is 0 Å². The van der Waals surface area contributed by atoms with E-state index < -0.39 is 0 Å². The Balaban J connectivity index is 2.85. The van der Waals surface area contributed by atoms with Crippen molar-refractivity contribution in [2.45, 2.75) is 26.8 Å². The number of methoxy groups -OCH3 is 1. The lowest BCUT2D eigenvalue weighted by Crippen LogP contribution is -2.29. The average molecular weight is 280 g/mol. The number of hydrogen-bond donors (Lipinski definition) is 2. The largest absolute Gasteiger partial charge is 0.495 e. The second-order valence-electron chi connectivity index (χ2n) is 5.95. The summed E-state index contributed by atoms with van der Waals surface area (Å²) in [6.45, 7) is 5.97. The standard InChI is InChI=1S/C16H28N2O2/c1-6-16(2,12-19)11-17-14-9-13(10-18(3)4)7-8-15(14)20-5/h7-9,17,19H,6,10-12H2,1-5H3. The Morgan fingerprint density at radius 3 is 2.55 bits per heavy atom. The van der Waals surface area contributed by atoms with Crippen molar-refractivity contribution in [2.75, 3.05) is 39.7 Å². The molecule has 1 unspecified atom stereocenters. The molecule has 0 aliphatic carbocycles. The third-order valence-corrected chi connectivity index (χ3v) is 3.70. The molecule has 4 nitrogen and oxygen atoms in total. The molecule has 1 rings (SSSR count). The van der Waals surface area contributed by atoms with Crippen LogP contribution < -0.4 is 10.1 Å². The number of benzene rings is 1. The highest BCUT2D eigenvalue weighted by Gasteiger charge is 2.21. The first kappa shape index (κ1) is 16.8. The van der Waals surface area contributed by atoms with E-state index in [1.807, 2.05) is 6.07 Å². The first-order valence-corrected chi connectivity index (χ1v) is 7.10. The van der Waals surface area contributed by atoms with E-state index in [1.54, 1.807) is 7.11 Å². The Hall–Kier alpha value is -1.26. The summed E-state index contributed by atoms with van der Waals surface area (Å²) in [6, 6.07) is 6.19. The average Bonchev–Trinajstić information content (AvgIpc) is 2.44. The number of aliphatic hydroxyl groups excluding tert-OH is 1. The smallest absolute Gasteiger partial charge is 0.141 e. The third kappa shape index (κ3) is 4.69. The van der Waals surface area contributed by atoms with E-state index in [0.29, 0.717) is 0 Å². The van der Waals surface area contributed by atoms with Gasteiger partial charge in [0, 0.05) is 18.5 Å². The molecule has 1 aromatic rings. The Labute approximate surface area is 122 Å². The first-order chi connectivity index (χ1) is 9.44. The minimum Gasteiger partial charge on any atom is -0.495 e. The van der Waals surface area contributed by atoms with Crippen LogP contribution in [-0.2, 0) is 6.54 Å². The summed E-state index contributed by atoms with van der Waals surface area (Å²) < 4.78 is 5.40. The van der Waals surface area contributed by atoms with E-state index in [0.717, 1.165) is 30.9 Å². The van der Waals surface area contributed by atoms with Gasteiger partial charge in [-0.15, -0.1) is 0 Å². The van der Waals surface area contributed by atoms with Crippen LogP contribution in [0.4, 0.5) is 5.69 Å². The van der Waals surface area contributed by atoms with Crippen LogP contribution in [0.5, 0.6) is 5.75 Å². The molecule has 4 heteroatoms. The van der Waals surface area contributed by atoms with E-state index in [9.17, 15) is 5.11 Å². The monoisotopic (exact) mass is 280 g/mol. The van der Waals surface area contributed by atoms with Gasteiger partial charge in [0.2, 0.25) is 0 Å². The predicted octanol–water partition coefficient (Wildman–Crippen LogP) is 2.58. The molecule has 0 saturated carbocycles. The van der Waals surface area contributed by atoms with E-state index in [-0.39, 0.29) is 12.0 Å². The number of ether oxygens (including phenoxy) is 1. The van der Waals surface area contributed by atoms with Gasteiger partial charge in [-0.05, 0) is 38.2 Å². The molecule has 2 N–H and O–H groups in total. The topological polar surface area (TPSA) is 44.7 Å². The van der Waals surface area contributed by atoms with Gasteiger partial charge in [-0.1, -0.05) is 19.9 Å². The SMILES string of the molecule is CCC(C)(CO)CNc1cc(CN(C)C)ccc1OC. The molecule has 0 radical (unpaired) electrons. The molecule has 0 spiro atoms. The van der Waals surface area contributed by atoms with Crippen molar-refractivity contribution in [3.63, 3.8) is 0 Å². The molecule has 20 heavy (non-hydrogen) atoms. The maximum Gasteiger partial charge on any atom is 0.141 e. The minimum atomic E-state index is -0.109. The van der Waals surface area contributed by atoms with Gasteiger partial charge < -0.3 is 20.1 Å². The summed E-state index contributed by atoms with van der Waals surface area (Å²) in [5.74, 6) is 0.837. The van der Waals surface area contributed by atoms with Crippen molar-refractivity contribution in [2.24, 2.45) is 5.41 Å². The van der Waals surface area contributed by atoms with Crippen molar-refractivity contribution in [1.82, 2.24) is 4.90 Å². The highest BCUT2D eigenvalue weighted by molar-refractivity contribution is 5.58. The number of anilines is 1. The summed E-state index contributed by atoms with van der Waals surface area (Å²) in [4.78, 5) is 2.13. The van der Waals surface area contributed by atoms with Gasteiger partial charge in [0.1, 0.15) is 5.75 Å². The maximum absolute atomic E-state index is 9.49. The molecule has 0 aliphatic rings. The van der Waals surface area contributed by atoms with Crippen LogP contribution in [-0.4, -0.2) is 44.4 Å². The maximum atomic E-state index is 9.49. The van der Waals surface area contributed by atoms with Gasteiger partial charge in [0.05, 0.1) is 19.4 Å². The Bertz CT molecular complexity index is 415. The Morgan fingerprint density at radius 2 is 2.05 bits per heavy atom. The van der Waals surface area contributed by atoms with Gasteiger partial charge in [-0.2, -0.15) is 0 Å². The van der Waals surface area contributed by atoms with Crippen LogP contribution >= 0.6 is 0 Å². The van der Waals surface area contributed by atoms with E-state index in [1.165, 1.54) is 5.56 Å². The molecular formula is C16H28N2O2. The zero-order chi connectivity index (χ0) is 15.2. The molecule has 0 aromatic heterocycles. The van der Waals surface area contributed by atoms with Crippen LogP contribution in [0.1, 0.15) is 25.8 Å². The second-order valence-corrected chi connectivity index (χ2v) is 5.95. The fourth-order valence-corrected chi connectivity index (χ4v) is 1.96. The molecular weight excluding hydrogens is 252 g/mol. The molecule has 1 aromatic carbocycles. The lowest BCUT2D eigenvalue weighted by Gasteiger charge is -2.27. The Morgan fingerprint density at radius 1 is 1.35 bits per heavy atom. The lowest BCUT2D eigenvalue weighted by molar-refractivity contribution is 0.149. The quantitative estimate of drug-likeness (QED) is 0.768. The second kappa shape index (κ2) is 7.50. The van der Waals surface area contributed by atoms with E-state index in [2.05, 4.69) is 50.3 Å². The van der Waals surface area contributed by atoms with Crippen molar-refractivity contribution in [1.29, 1.82) is 0 Å². The minimum absolute atomic E-state index is 0.109. The summed E-state index contributed by atoms with van der Waals surface area (Å²) in [6.07, 6.45) is 0.927. The third-order valence-electron chi connectivity index (χ3n) is 3.70. The number of rotatable bonds is 8. The van der Waals surface area contributed by atoms with Crippen molar-refractivity contribution < 1.29 is 9.84 Å².